The number of hydrogen-bond donors (Lipinski definition) is 2. The molecule has 0 aromatic carbocycles. The standard InChI is InChI=1S/C7H13N3O/c1-5(7(8)9)4-10(3)6(2)11/h4H,1-3H3,(H3,8,9)/b5-4-. The van der Waals surface area contributed by atoms with Gasteiger partial charge in [0.15, 0.2) is 0 Å². The molecule has 0 spiro atoms. The van der Waals surface area contributed by atoms with Gasteiger partial charge in [0.25, 0.3) is 0 Å². The molecule has 4 nitrogen and oxygen atoms in total. The summed E-state index contributed by atoms with van der Waals surface area (Å²) >= 11 is 0. The van der Waals surface area contributed by atoms with Crippen molar-refractivity contribution in [2.75, 3.05) is 7.05 Å². The van der Waals surface area contributed by atoms with Crippen molar-refractivity contribution >= 4 is 11.7 Å². The quantitative estimate of drug-likeness (QED) is 0.445. The number of amides is 1. The predicted octanol–water partition coefficient (Wildman–Crippen LogP) is 0.304. The average molecular weight is 155 g/mol. The molecule has 0 aromatic heterocycles. The number of hydrogen-bond acceptors (Lipinski definition) is 2. The molecule has 0 aliphatic rings. The lowest BCUT2D eigenvalue weighted by Gasteiger charge is -2.09. The number of rotatable bonds is 2. The van der Waals surface area contributed by atoms with Crippen LogP contribution in [0.15, 0.2) is 11.8 Å². The summed E-state index contributed by atoms with van der Waals surface area (Å²) in [6.45, 7) is 3.13. The summed E-state index contributed by atoms with van der Waals surface area (Å²) in [5.41, 5.74) is 5.75. The van der Waals surface area contributed by atoms with E-state index in [9.17, 15) is 4.79 Å². The second-order valence-electron chi connectivity index (χ2n) is 2.36. The van der Waals surface area contributed by atoms with Crippen LogP contribution in [0.2, 0.25) is 0 Å². The van der Waals surface area contributed by atoms with Gasteiger partial charge in [-0.15, -0.1) is 0 Å². The van der Waals surface area contributed by atoms with Gasteiger partial charge in [-0.25, -0.2) is 0 Å². The van der Waals surface area contributed by atoms with E-state index in [0.29, 0.717) is 5.57 Å². The molecule has 0 fully saturated rings. The second-order valence-corrected chi connectivity index (χ2v) is 2.36. The van der Waals surface area contributed by atoms with Crippen molar-refractivity contribution in [2.24, 2.45) is 5.73 Å². The Morgan fingerprint density at radius 3 is 2.27 bits per heavy atom. The van der Waals surface area contributed by atoms with Crippen molar-refractivity contribution in [3.8, 4) is 0 Å². The zero-order chi connectivity index (χ0) is 9.02. The van der Waals surface area contributed by atoms with Crippen molar-refractivity contribution in [3.63, 3.8) is 0 Å². The minimum absolute atomic E-state index is 0.0156. The molecule has 0 unspecified atom stereocenters. The van der Waals surface area contributed by atoms with Crippen LogP contribution in [0.1, 0.15) is 13.8 Å². The predicted molar refractivity (Wildman–Crippen MR) is 44.1 cm³/mol. The summed E-state index contributed by atoms with van der Waals surface area (Å²) in [6.07, 6.45) is 1.53. The molecule has 0 atom stereocenters. The van der Waals surface area contributed by atoms with E-state index in [2.05, 4.69) is 0 Å². The van der Waals surface area contributed by atoms with Crippen LogP contribution in [0.3, 0.4) is 0 Å². The molecule has 0 bridgehead atoms. The Bertz CT molecular complexity index is 208. The number of carbonyl (C=O) groups is 1. The summed E-state index contributed by atoms with van der Waals surface area (Å²) < 4.78 is 0. The molecule has 0 saturated carbocycles. The molecule has 0 rings (SSSR count). The van der Waals surface area contributed by atoms with Gasteiger partial charge in [-0.1, -0.05) is 0 Å². The first-order chi connectivity index (χ1) is 4.95. The Kier molecular flexibility index (Phi) is 3.30. The Morgan fingerprint density at radius 2 is 2.00 bits per heavy atom. The van der Waals surface area contributed by atoms with Crippen molar-refractivity contribution in [1.82, 2.24) is 4.90 Å². The number of carbonyl (C=O) groups excluding carboxylic acids is 1. The third kappa shape index (κ3) is 3.40. The maximum Gasteiger partial charge on any atom is 0.223 e. The molecule has 3 N–H and O–H groups in total. The largest absolute Gasteiger partial charge is 0.384 e. The van der Waals surface area contributed by atoms with Gasteiger partial charge in [0.1, 0.15) is 5.84 Å². The molecule has 62 valence electrons. The van der Waals surface area contributed by atoms with Crippen molar-refractivity contribution < 1.29 is 4.79 Å². The molecule has 0 heterocycles. The van der Waals surface area contributed by atoms with E-state index in [1.54, 1.807) is 14.0 Å². The fourth-order valence-electron chi connectivity index (χ4n) is 0.451. The van der Waals surface area contributed by atoms with Crippen LogP contribution >= 0.6 is 0 Å². The highest BCUT2D eigenvalue weighted by molar-refractivity contribution is 5.94. The zero-order valence-electron chi connectivity index (χ0n) is 7.01. The lowest BCUT2D eigenvalue weighted by molar-refractivity contribution is -0.125. The highest BCUT2D eigenvalue weighted by atomic mass is 16.2. The van der Waals surface area contributed by atoms with E-state index in [1.807, 2.05) is 0 Å². The Hall–Kier alpha value is -1.32. The minimum Gasteiger partial charge on any atom is -0.384 e. The number of nitrogens with zero attached hydrogens (tertiary/aromatic N) is 1. The number of amidine groups is 1. The first-order valence-corrected chi connectivity index (χ1v) is 3.21. The van der Waals surface area contributed by atoms with Crippen molar-refractivity contribution in [1.29, 1.82) is 5.41 Å². The molecular formula is C7H13N3O. The van der Waals surface area contributed by atoms with Gasteiger partial charge in [0, 0.05) is 25.7 Å². The first-order valence-electron chi connectivity index (χ1n) is 3.21. The van der Waals surface area contributed by atoms with Crippen LogP contribution < -0.4 is 5.73 Å². The van der Waals surface area contributed by atoms with Gasteiger partial charge in [-0.05, 0) is 6.92 Å². The van der Waals surface area contributed by atoms with E-state index >= 15 is 0 Å². The van der Waals surface area contributed by atoms with E-state index < -0.39 is 0 Å². The summed E-state index contributed by atoms with van der Waals surface area (Å²) in [4.78, 5) is 12.1. The van der Waals surface area contributed by atoms with Gasteiger partial charge in [0.2, 0.25) is 5.91 Å². The molecular weight excluding hydrogens is 142 g/mol. The lowest BCUT2D eigenvalue weighted by atomic mass is 10.3. The smallest absolute Gasteiger partial charge is 0.223 e. The van der Waals surface area contributed by atoms with Gasteiger partial charge in [-0.3, -0.25) is 10.2 Å². The lowest BCUT2D eigenvalue weighted by Crippen LogP contribution is -2.20. The molecule has 0 aromatic rings. The fourth-order valence-corrected chi connectivity index (χ4v) is 0.451. The fraction of sp³-hybridized carbons (Fsp3) is 0.429. The van der Waals surface area contributed by atoms with E-state index in [-0.39, 0.29) is 11.7 Å². The topological polar surface area (TPSA) is 70.2 Å². The third-order valence-electron chi connectivity index (χ3n) is 1.31. The highest BCUT2D eigenvalue weighted by Crippen LogP contribution is 1.94. The second kappa shape index (κ2) is 3.75. The van der Waals surface area contributed by atoms with Crippen LogP contribution in [0.5, 0.6) is 0 Å². The van der Waals surface area contributed by atoms with Gasteiger partial charge in [-0.2, -0.15) is 0 Å². The Morgan fingerprint density at radius 1 is 1.55 bits per heavy atom. The molecule has 1 amide bonds. The molecule has 11 heavy (non-hydrogen) atoms. The third-order valence-corrected chi connectivity index (χ3v) is 1.31. The maximum absolute atomic E-state index is 10.7. The van der Waals surface area contributed by atoms with Crippen LogP contribution in [0, 0.1) is 5.41 Å². The molecule has 0 aliphatic heterocycles. The van der Waals surface area contributed by atoms with Crippen LogP contribution in [-0.4, -0.2) is 23.7 Å². The van der Waals surface area contributed by atoms with Crippen LogP contribution in [0.25, 0.3) is 0 Å². The summed E-state index contributed by atoms with van der Waals surface area (Å²) in [7, 11) is 1.62. The number of nitrogens with one attached hydrogen (secondary N) is 1. The zero-order valence-corrected chi connectivity index (χ0v) is 7.01. The summed E-state index contributed by atoms with van der Waals surface area (Å²) in [5, 5.41) is 7.01. The normalized spacial score (nSPS) is 11.0. The van der Waals surface area contributed by atoms with Gasteiger partial charge >= 0.3 is 0 Å². The highest BCUT2D eigenvalue weighted by Gasteiger charge is 1.99. The van der Waals surface area contributed by atoms with E-state index in [1.165, 1.54) is 18.0 Å². The Balaban J connectivity index is 4.31. The molecule has 0 aliphatic carbocycles. The van der Waals surface area contributed by atoms with E-state index in [0.717, 1.165) is 0 Å². The van der Waals surface area contributed by atoms with Crippen LogP contribution in [0.4, 0.5) is 0 Å². The molecule has 0 radical (unpaired) electrons. The number of nitrogens with two attached hydrogens (primary N) is 1. The Labute approximate surface area is 66.2 Å². The molecule has 0 saturated heterocycles. The van der Waals surface area contributed by atoms with Crippen molar-refractivity contribution in [3.05, 3.63) is 11.8 Å². The minimum atomic E-state index is -0.0781. The molecule has 4 heteroatoms. The summed E-state index contributed by atoms with van der Waals surface area (Å²) in [6, 6.07) is 0. The van der Waals surface area contributed by atoms with Crippen molar-refractivity contribution in [2.45, 2.75) is 13.8 Å². The maximum atomic E-state index is 10.7. The first kappa shape index (κ1) is 9.68. The van der Waals surface area contributed by atoms with Crippen LogP contribution in [-0.2, 0) is 4.79 Å². The van der Waals surface area contributed by atoms with Gasteiger partial charge < -0.3 is 10.6 Å². The monoisotopic (exact) mass is 155 g/mol. The summed E-state index contributed by atoms with van der Waals surface area (Å²) in [5.74, 6) is -0.0938. The van der Waals surface area contributed by atoms with E-state index in [4.69, 9.17) is 11.1 Å². The van der Waals surface area contributed by atoms with Gasteiger partial charge in [0.05, 0.1) is 0 Å². The SMILES string of the molecule is CC(=O)N(C)/C=C(/C)C(=N)N. The average Bonchev–Trinajstić information content (AvgIpc) is 1.87.